The third kappa shape index (κ3) is 2.63. The summed E-state index contributed by atoms with van der Waals surface area (Å²) in [7, 11) is 1.87. The van der Waals surface area contributed by atoms with Gasteiger partial charge >= 0.3 is 0 Å². The highest BCUT2D eigenvalue weighted by Gasteiger charge is 2.48. The van der Waals surface area contributed by atoms with Gasteiger partial charge in [-0.1, -0.05) is 46.3 Å². The van der Waals surface area contributed by atoms with Crippen molar-refractivity contribution in [3.8, 4) is 0 Å². The van der Waals surface area contributed by atoms with E-state index in [1.54, 1.807) is 5.57 Å². The Balaban J connectivity index is 2.32. The molecule has 0 aromatic heterocycles. The standard InChI is InChI=1S/C18H32O/c1-12(2)16-8-7-14-11-15(19-6)9-10-18(14,5)17(16)13(3)4/h7,12-13,15-17H,8-11H2,1-6H3/t15-,16?,17?,18-/m0/s1. The van der Waals surface area contributed by atoms with E-state index in [9.17, 15) is 0 Å². The van der Waals surface area contributed by atoms with Crippen LogP contribution in [0.1, 0.15) is 60.3 Å². The second-order valence-corrected chi connectivity index (χ2v) is 7.66. The summed E-state index contributed by atoms with van der Waals surface area (Å²) in [6, 6.07) is 0. The second-order valence-electron chi connectivity index (χ2n) is 7.66. The molecule has 0 bridgehead atoms. The Kier molecular flexibility index (Phi) is 4.45. The third-order valence-electron chi connectivity index (χ3n) is 5.91. The zero-order valence-electron chi connectivity index (χ0n) is 13.7. The van der Waals surface area contributed by atoms with Crippen molar-refractivity contribution in [3.05, 3.63) is 11.6 Å². The average Bonchev–Trinajstić information content (AvgIpc) is 2.35. The summed E-state index contributed by atoms with van der Waals surface area (Å²) in [5, 5.41) is 0. The van der Waals surface area contributed by atoms with Gasteiger partial charge in [-0.05, 0) is 54.8 Å². The fourth-order valence-corrected chi connectivity index (χ4v) is 4.91. The molecule has 2 aliphatic rings. The van der Waals surface area contributed by atoms with Crippen molar-refractivity contribution in [2.45, 2.75) is 66.4 Å². The van der Waals surface area contributed by atoms with Crippen LogP contribution in [0.4, 0.5) is 0 Å². The van der Waals surface area contributed by atoms with Crippen LogP contribution in [0.2, 0.25) is 0 Å². The first kappa shape index (κ1) is 15.1. The van der Waals surface area contributed by atoms with Crippen molar-refractivity contribution in [2.75, 3.05) is 7.11 Å². The van der Waals surface area contributed by atoms with E-state index in [2.05, 4.69) is 40.7 Å². The minimum Gasteiger partial charge on any atom is -0.381 e. The average molecular weight is 264 g/mol. The van der Waals surface area contributed by atoms with Crippen LogP contribution in [0, 0.1) is 29.1 Å². The van der Waals surface area contributed by atoms with Crippen molar-refractivity contribution in [1.29, 1.82) is 0 Å². The largest absolute Gasteiger partial charge is 0.381 e. The molecule has 1 heteroatoms. The van der Waals surface area contributed by atoms with Crippen LogP contribution >= 0.6 is 0 Å². The molecule has 2 aliphatic carbocycles. The summed E-state index contributed by atoms with van der Waals surface area (Å²) in [6.07, 6.45) is 8.02. The van der Waals surface area contributed by atoms with Crippen LogP contribution in [-0.2, 0) is 4.74 Å². The predicted molar refractivity (Wildman–Crippen MR) is 82.1 cm³/mol. The van der Waals surface area contributed by atoms with Crippen LogP contribution in [-0.4, -0.2) is 13.2 Å². The Morgan fingerprint density at radius 2 is 1.89 bits per heavy atom. The van der Waals surface area contributed by atoms with Gasteiger partial charge in [-0.2, -0.15) is 0 Å². The van der Waals surface area contributed by atoms with Gasteiger partial charge in [0.25, 0.3) is 0 Å². The molecule has 0 N–H and O–H groups in total. The summed E-state index contributed by atoms with van der Waals surface area (Å²) < 4.78 is 5.61. The van der Waals surface area contributed by atoms with Gasteiger partial charge in [-0.3, -0.25) is 0 Å². The number of hydrogen-bond acceptors (Lipinski definition) is 1. The lowest BCUT2D eigenvalue weighted by Crippen LogP contribution is -2.46. The van der Waals surface area contributed by atoms with E-state index in [0.29, 0.717) is 11.5 Å². The molecule has 0 spiro atoms. The number of rotatable bonds is 3. The smallest absolute Gasteiger partial charge is 0.0608 e. The summed E-state index contributed by atoms with van der Waals surface area (Å²) in [5.41, 5.74) is 2.12. The van der Waals surface area contributed by atoms with Crippen LogP contribution in [0.5, 0.6) is 0 Å². The van der Waals surface area contributed by atoms with Crippen molar-refractivity contribution in [3.63, 3.8) is 0 Å². The minimum absolute atomic E-state index is 0.427. The van der Waals surface area contributed by atoms with Crippen molar-refractivity contribution >= 4 is 0 Å². The van der Waals surface area contributed by atoms with Crippen molar-refractivity contribution in [1.82, 2.24) is 0 Å². The maximum Gasteiger partial charge on any atom is 0.0608 e. The van der Waals surface area contributed by atoms with Crippen molar-refractivity contribution in [2.24, 2.45) is 29.1 Å². The molecule has 0 radical (unpaired) electrons. The maximum atomic E-state index is 5.61. The lowest BCUT2D eigenvalue weighted by Gasteiger charge is -2.53. The normalized spacial score (nSPS) is 39.4. The molecule has 110 valence electrons. The molecule has 1 fully saturated rings. The number of allylic oxidation sites excluding steroid dienone is 1. The zero-order chi connectivity index (χ0) is 14.2. The number of hydrogen-bond donors (Lipinski definition) is 0. The van der Waals surface area contributed by atoms with Gasteiger partial charge < -0.3 is 4.74 Å². The molecule has 0 aromatic rings. The van der Waals surface area contributed by atoms with Gasteiger partial charge in [0.1, 0.15) is 0 Å². The summed E-state index contributed by atoms with van der Waals surface area (Å²) in [4.78, 5) is 0. The van der Waals surface area contributed by atoms with E-state index in [-0.39, 0.29) is 0 Å². The van der Waals surface area contributed by atoms with E-state index >= 15 is 0 Å². The zero-order valence-corrected chi connectivity index (χ0v) is 13.7. The van der Waals surface area contributed by atoms with Crippen LogP contribution in [0.3, 0.4) is 0 Å². The predicted octanol–water partition coefficient (Wildman–Crippen LogP) is 5.07. The van der Waals surface area contributed by atoms with Gasteiger partial charge in [-0.15, -0.1) is 0 Å². The molecular formula is C18H32O. The summed E-state index contributed by atoms with van der Waals surface area (Å²) in [6.45, 7) is 12.2. The van der Waals surface area contributed by atoms with Crippen LogP contribution < -0.4 is 0 Å². The van der Waals surface area contributed by atoms with Crippen LogP contribution in [0.25, 0.3) is 0 Å². The lowest BCUT2D eigenvalue weighted by atomic mass is 9.52. The molecule has 0 heterocycles. The molecule has 1 saturated carbocycles. The fourth-order valence-electron chi connectivity index (χ4n) is 4.91. The van der Waals surface area contributed by atoms with E-state index in [1.165, 1.54) is 25.7 Å². The molecular weight excluding hydrogens is 232 g/mol. The molecule has 19 heavy (non-hydrogen) atoms. The van der Waals surface area contributed by atoms with E-state index in [0.717, 1.165) is 23.7 Å². The third-order valence-corrected chi connectivity index (χ3v) is 5.91. The molecule has 4 atom stereocenters. The Morgan fingerprint density at radius 1 is 1.21 bits per heavy atom. The van der Waals surface area contributed by atoms with E-state index < -0.39 is 0 Å². The highest BCUT2D eigenvalue weighted by molar-refractivity contribution is 5.23. The molecule has 0 saturated heterocycles. The topological polar surface area (TPSA) is 9.23 Å². The Bertz CT molecular complexity index is 342. The quantitative estimate of drug-likeness (QED) is 0.647. The second kappa shape index (κ2) is 5.60. The van der Waals surface area contributed by atoms with Gasteiger partial charge in [0.2, 0.25) is 0 Å². The summed E-state index contributed by atoms with van der Waals surface area (Å²) in [5.74, 6) is 3.26. The van der Waals surface area contributed by atoms with E-state index in [4.69, 9.17) is 4.74 Å². The SMILES string of the molecule is CO[C@H]1CC[C@@]2(C)C(=CCC(C(C)C)C2C(C)C)C1. The number of ether oxygens (including phenoxy) is 1. The molecule has 1 nitrogen and oxygen atoms in total. The van der Waals surface area contributed by atoms with Gasteiger partial charge in [0, 0.05) is 7.11 Å². The highest BCUT2D eigenvalue weighted by atomic mass is 16.5. The Hall–Kier alpha value is -0.300. The highest BCUT2D eigenvalue weighted by Crippen LogP contribution is 2.56. The van der Waals surface area contributed by atoms with E-state index in [1.807, 2.05) is 7.11 Å². The van der Waals surface area contributed by atoms with Gasteiger partial charge in [-0.25, -0.2) is 0 Å². The molecule has 0 amide bonds. The lowest BCUT2D eigenvalue weighted by molar-refractivity contribution is 0.0000103. The monoisotopic (exact) mass is 264 g/mol. The molecule has 0 aromatic carbocycles. The maximum absolute atomic E-state index is 5.61. The Labute approximate surface area is 119 Å². The fraction of sp³-hybridized carbons (Fsp3) is 0.889. The van der Waals surface area contributed by atoms with Crippen molar-refractivity contribution < 1.29 is 4.74 Å². The number of methoxy groups -OCH3 is 1. The van der Waals surface area contributed by atoms with Gasteiger partial charge in [0.05, 0.1) is 6.10 Å². The molecule has 2 unspecified atom stereocenters. The first-order chi connectivity index (χ1) is 8.90. The first-order valence-electron chi connectivity index (χ1n) is 8.12. The minimum atomic E-state index is 0.427. The number of fused-ring (bicyclic) bond motifs is 1. The Morgan fingerprint density at radius 3 is 2.42 bits per heavy atom. The first-order valence-corrected chi connectivity index (χ1v) is 8.12. The summed E-state index contributed by atoms with van der Waals surface area (Å²) >= 11 is 0. The van der Waals surface area contributed by atoms with Crippen LogP contribution in [0.15, 0.2) is 11.6 Å². The molecule has 0 aliphatic heterocycles. The van der Waals surface area contributed by atoms with Gasteiger partial charge in [0.15, 0.2) is 0 Å². The molecule has 2 rings (SSSR count).